The van der Waals surface area contributed by atoms with Gasteiger partial charge in [-0.3, -0.25) is 4.79 Å². The Morgan fingerprint density at radius 1 is 1.19 bits per heavy atom. The highest BCUT2D eigenvalue weighted by Gasteiger charge is 2.53. The molecule has 0 aromatic carbocycles. The van der Waals surface area contributed by atoms with Crippen molar-refractivity contribution in [3.05, 3.63) is 0 Å². The van der Waals surface area contributed by atoms with E-state index in [1.165, 1.54) is 38.5 Å². The molecule has 0 atom stereocenters. The number of rotatable bonds is 7. The van der Waals surface area contributed by atoms with Crippen LogP contribution >= 0.6 is 0 Å². The number of carbonyl (C=O) groups is 1. The standard InChI is InChI=1S/C13H22N2O/c16-12(15-11-3-4-11)5-8-14-9-13(6-7-13)10-1-2-10/h10-11,14H,1-9H2,(H,15,16). The van der Waals surface area contributed by atoms with Crippen molar-refractivity contribution in [2.45, 2.75) is 51.0 Å². The maximum absolute atomic E-state index is 11.4. The SMILES string of the molecule is O=C(CCNCC1(C2CC2)CC1)NC1CC1. The van der Waals surface area contributed by atoms with Crippen molar-refractivity contribution in [3.8, 4) is 0 Å². The lowest BCUT2D eigenvalue weighted by Gasteiger charge is -2.14. The molecule has 3 nitrogen and oxygen atoms in total. The molecule has 0 aromatic heterocycles. The van der Waals surface area contributed by atoms with Crippen LogP contribution in [-0.4, -0.2) is 25.0 Å². The summed E-state index contributed by atoms with van der Waals surface area (Å²) in [7, 11) is 0. The van der Waals surface area contributed by atoms with Crippen molar-refractivity contribution in [2.75, 3.05) is 13.1 Å². The van der Waals surface area contributed by atoms with E-state index in [9.17, 15) is 4.79 Å². The van der Waals surface area contributed by atoms with Crippen LogP contribution in [0.1, 0.15) is 44.9 Å². The summed E-state index contributed by atoms with van der Waals surface area (Å²) in [6.45, 7) is 2.00. The molecule has 0 spiro atoms. The fraction of sp³-hybridized carbons (Fsp3) is 0.923. The van der Waals surface area contributed by atoms with Gasteiger partial charge >= 0.3 is 0 Å². The van der Waals surface area contributed by atoms with E-state index in [0.717, 1.165) is 19.0 Å². The number of nitrogens with one attached hydrogen (secondary N) is 2. The van der Waals surface area contributed by atoms with Crippen molar-refractivity contribution >= 4 is 5.91 Å². The summed E-state index contributed by atoms with van der Waals surface area (Å²) >= 11 is 0. The summed E-state index contributed by atoms with van der Waals surface area (Å²) in [4.78, 5) is 11.4. The summed E-state index contributed by atoms with van der Waals surface area (Å²) in [6, 6.07) is 0.508. The van der Waals surface area contributed by atoms with Gasteiger partial charge in [0, 0.05) is 25.6 Å². The summed E-state index contributed by atoms with van der Waals surface area (Å²) < 4.78 is 0. The maximum atomic E-state index is 11.4. The van der Waals surface area contributed by atoms with Gasteiger partial charge < -0.3 is 10.6 Å². The van der Waals surface area contributed by atoms with Crippen molar-refractivity contribution in [1.29, 1.82) is 0 Å². The molecule has 90 valence electrons. The van der Waals surface area contributed by atoms with Crippen LogP contribution < -0.4 is 10.6 Å². The van der Waals surface area contributed by atoms with E-state index < -0.39 is 0 Å². The summed E-state index contributed by atoms with van der Waals surface area (Å²) in [5, 5.41) is 6.50. The first-order valence-corrected chi connectivity index (χ1v) is 6.79. The highest BCUT2D eigenvalue weighted by atomic mass is 16.1. The van der Waals surface area contributed by atoms with Crippen LogP contribution in [0.3, 0.4) is 0 Å². The number of carbonyl (C=O) groups excluding carboxylic acids is 1. The van der Waals surface area contributed by atoms with Crippen LogP contribution in [0.4, 0.5) is 0 Å². The van der Waals surface area contributed by atoms with Crippen LogP contribution in [-0.2, 0) is 4.79 Å². The number of hydrogen-bond acceptors (Lipinski definition) is 2. The van der Waals surface area contributed by atoms with E-state index in [-0.39, 0.29) is 5.91 Å². The molecule has 1 amide bonds. The molecule has 3 aliphatic carbocycles. The molecular weight excluding hydrogens is 200 g/mol. The number of hydrogen-bond donors (Lipinski definition) is 2. The summed E-state index contributed by atoms with van der Waals surface area (Å²) in [5.41, 5.74) is 0.660. The first-order valence-electron chi connectivity index (χ1n) is 6.79. The minimum absolute atomic E-state index is 0.228. The highest BCUT2D eigenvalue weighted by molar-refractivity contribution is 5.76. The highest BCUT2D eigenvalue weighted by Crippen LogP contribution is 2.60. The first kappa shape index (κ1) is 10.6. The molecule has 3 heteroatoms. The molecule has 0 radical (unpaired) electrons. The Balaban J connectivity index is 1.27. The zero-order valence-corrected chi connectivity index (χ0v) is 9.93. The average molecular weight is 222 g/mol. The van der Waals surface area contributed by atoms with Crippen molar-refractivity contribution in [2.24, 2.45) is 11.3 Å². The van der Waals surface area contributed by atoms with E-state index in [4.69, 9.17) is 0 Å². The van der Waals surface area contributed by atoms with Gasteiger partial charge in [-0.05, 0) is 49.9 Å². The Labute approximate surface area is 97.4 Å². The van der Waals surface area contributed by atoms with Gasteiger partial charge in [0.25, 0.3) is 0 Å². The van der Waals surface area contributed by atoms with Crippen molar-refractivity contribution < 1.29 is 4.79 Å². The Morgan fingerprint density at radius 3 is 2.50 bits per heavy atom. The largest absolute Gasteiger partial charge is 0.353 e. The Bertz CT molecular complexity index is 278. The van der Waals surface area contributed by atoms with E-state index >= 15 is 0 Å². The third-order valence-electron chi connectivity index (χ3n) is 4.28. The predicted octanol–water partition coefficient (Wildman–Crippen LogP) is 1.43. The smallest absolute Gasteiger partial charge is 0.221 e. The second-order valence-corrected chi connectivity index (χ2v) is 5.91. The lowest BCUT2D eigenvalue weighted by atomic mass is 10.0. The molecule has 0 saturated heterocycles. The third-order valence-corrected chi connectivity index (χ3v) is 4.28. The molecule has 2 N–H and O–H groups in total. The van der Waals surface area contributed by atoms with Gasteiger partial charge in [0.05, 0.1) is 0 Å². The van der Waals surface area contributed by atoms with E-state index in [0.29, 0.717) is 17.9 Å². The second-order valence-electron chi connectivity index (χ2n) is 5.91. The predicted molar refractivity (Wildman–Crippen MR) is 63.0 cm³/mol. The molecule has 16 heavy (non-hydrogen) atoms. The van der Waals surface area contributed by atoms with Gasteiger partial charge in [0.15, 0.2) is 0 Å². The Morgan fingerprint density at radius 2 is 1.94 bits per heavy atom. The van der Waals surface area contributed by atoms with Crippen LogP contribution in [0, 0.1) is 11.3 Å². The zero-order valence-electron chi connectivity index (χ0n) is 9.93. The van der Waals surface area contributed by atoms with Crippen LogP contribution in [0.5, 0.6) is 0 Å². The molecule has 3 fully saturated rings. The van der Waals surface area contributed by atoms with Gasteiger partial charge in [0.2, 0.25) is 5.91 Å². The van der Waals surface area contributed by atoms with Gasteiger partial charge in [0.1, 0.15) is 0 Å². The lowest BCUT2D eigenvalue weighted by Crippen LogP contribution is -2.32. The average Bonchev–Trinajstić information content (AvgIpc) is 3.12. The van der Waals surface area contributed by atoms with Crippen molar-refractivity contribution in [1.82, 2.24) is 10.6 Å². The summed E-state index contributed by atoms with van der Waals surface area (Å²) in [5.74, 6) is 1.24. The van der Waals surface area contributed by atoms with Crippen LogP contribution in [0.2, 0.25) is 0 Å². The molecular formula is C13H22N2O. The molecule has 0 aliphatic heterocycles. The van der Waals surface area contributed by atoms with E-state index in [1.54, 1.807) is 0 Å². The topological polar surface area (TPSA) is 41.1 Å². The van der Waals surface area contributed by atoms with Crippen molar-refractivity contribution in [3.63, 3.8) is 0 Å². The molecule has 3 saturated carbocycles. The van der Waals surface area contributed by atoms with E-state index in [2.05, 4.69) is 10.6 Å². The minimum Gasteiger partial charge on any atom is -0.353 e. The summed E-state index contributed by atoms with van der Waals surface area (Å²) in [6.07, 6.45) is 8.75. The molecule has 0 heterocycles. The quantitative estimate of drug-likeness (QED) is 0.640. The van der Waals surface area contributed by atoms with E-state index in [1.807, 2.05) is 0 Å². The fourth-order valence-corrected chi connectivity index (χ4v) is 2.65. The molecule has 0 unspecified atom stereocenters. The van der Waals surface area contributed by atoms with Gasteiger partial charge in [-0.2, -0.15) is 0 Å². The Kier molecular flexibility index (Phi) is 2.66. The normalized spacial score (nSPS) is 26.5. The van der Waals surface area contributed by atoms with Crippen LogP contribution in [0.15, 0.2) is 0 Å². The maximum Gasteiger partial charge on any atom is 0.221 e. The van der Waals surface area contributed by atoms with Gasteiger partial charge in [-0.15, -0.1) is 0 Å². The van der Waals surface area contributed by atoms with Gasteiger partial charge in [-0.1, -0.05) is 0 Å². The third kappa shape index (κ3) is 2.57. The first-order chi connectivity index (χ1) is 7.78. The lowest BCUT2D eigenvalue weighted by molar-refractivity contribution is -0.121. The fourth-order valence-electron chi connectivity index (χ4n) is 2.65. The molecule has 3 aliphatic rings. The van der Waals surface area contributed by atoms with Gasteiger partial charge in [-0.25, -0.2) is 0 Å². The molecule has 0 aromatic rings. The number of amides is 1. The zero-order chi connectivity index (χ0) is 11.0. The van der Waals surface area contributed by atoms with Crippen LogP contribution in [0.25, 0.3) is 0 Å². The Hall–Kier alpha value is -0.570. The molecule has 3 rings (SSSR count). The second kappa shape index (κ2) is 4.02. The monoisotopic (exact) mass is 222 g/mol. The molecule has 0 bridgehead atoms. The minimum atomic E-state index is 0.228.